The number of hydrogen-bond acceptors (Lipinski definition) is 2. The van der Waals surface area contributed by atoms with Crippen LogP contribution in [0.25, 0.3) is 0 Å². The summed E-state index contributed by atoms with van der Waals surface area (Å²) in [6.45, 7) is 4.41. The largest absolute Gasteiger partial charge is 0.399 e. The van der Waals surface area contributed by atoms with Crippen LogP contribution < -0.4 is 11.1 Å². The summed E-state index contributed by atoms with van der Waals surface area (Å²) in [4.78, 5) is 0. The Bertz CT molecular complexity index is 345. The Hall–Kier alpha value is -1.18. The Labute approximate surface area is 98.2 Å². The fourth-order valence-corrected chi connectivity index (χ4v) is 2.69. The first-order chi connectivity index (χ1) is 7.57. The third-order valence-corrected chi connectivity index (χ3v) is 3.50. The van der Waals surface area contributed by atoms with Gasteiger partial charge in [-0.2, -0.15) is 0 Å². The van der Waals surface area contributed by atoms with Gasteiger partial charge in [0.05, 0.1) is 0 Å². The minimum absolute atomic E-state index is 0.262. The van der Waals surface area contributed by atoms with E-state index in [1.165, 1.54) is 43.4 Å². The van der Waals surface area contributed by atoms with Crippen LogP contribution in [0.3, 0.4) is 0 Å². The van der Waals surface area contributed by atoms with Crippen LogP contribution in [0.15, 0.2) is 18.2 Å². The number of nitrogen functional groups attached to an aromatic ring is 1. The van der Waals surface area contributed by atoms with E-state index in [0.717, 1.165) is 5.69 Å². The monoisotopic (exact) mass is 218 g/mol. The number of benzene rings is 1. The van der Waals surface area contributed by atoms with Crippen molar-refractivity contribution in [2.75, 3.05) is 11.1 Å². The van der Waals surface area contributed by atoms with Crippen molar-refractivity contribution in [1.29, 1.82) is 0 Å². The van der Waals surface area contributed by atoms with Gasteiger partial charge in [-0.1, -0.05) is 19.3 Å². The molecule has 88 valence electrons. The molecule has 0 radical (unpaired) electrons. The number of nitrogens with one attached hydrogen (secondary N) is 1. The van der Waals surface area contributed by atoms with Crippen LogP contribution in [0.4, 0.5) is 11.4 Å². The second kappa shape index (κ2) is 4.36. The maximum atomic E-state index is 5.87. The SMILES string of the molecule is Cc1cc(N)cc(NC2(C)CCCCC2)c1. The lowest BCUT2D eigenvalue weighted by Gasteiger charge is -2.35. The van der Waals surface area contributed by atoms with Crippen LogP contribution in [-0.4, -0.2) is 5.54 Å². The molecule has 1 fully saturated rings. The lowest BCUT2D eigenvalue weighted by Crippen LogP contribution is -2.36. The summed E-state index contributed by atoms with van der Waals surface area (Å²) in [6.07, 6.45) is 6.59. The van der Waals surface area contributed by atoms with Crippen molar-refractivity contribution in [2.24, 2.45) is 0 Å². The molecule has 1 aliphatic rings. The lowest BCUT2D eigenvalue weighted by atomic mass is 9.83. The van der Waals surface area contributed by atoms with Gasteiger partial charge in [0.25, 0.3) is 0 Å². The Morgan fingerprint density at radius 2 is 1.81 bits per heavy atom. The van der Waals surface area contributed by atoms with E-state index in [1.807, 2.05) is 12.1 Å². The summed E-state index contributed by atoms with van der Waals surface area (Å²) in [5.41, 5.74) is 9.37. The maximum Gasteiger partial charge on any atom is 0.0367 e. The zero-order valence-electron chi connectivity index (χ0n) is 10.3. The molecule has 0 bridgehead atoms. The predicted molar refractivity (Wildman–Crippen MR) is 70.7 cm³/mol. The number of aryl methyl sites for hydroxylation is 1. The molecule has 0 unspecified atom stereocenters. The van der Waals surface area contributed by atoms with E-state index in [4.69, 9.17) is 5.73 Å². The number of hydrogen-bond donors (Lipinski definition) is 2. The predicted octanol–water partition coefficient (Wildman–Crippen LogP) is 3.71. The molecule has 2 nitrogen and oxygen atoms in total. The molecule has 2 rings (SSSR count). The molecule has 0 amide bonds. The van der Waals surface area contributed by atoms with Crippen molar-refractivity contribution < 1.29 is 0 Å². The van der Waals surface area contributed by atoms with Gasteiger partial charge in [-0.3, -0.25) is 0 Å². The first-order valence-corrected chi connectivity index (χ1v) is 6.23. The van der Waals surface area contributed by atoms with Gasteiger partial charge in [-0.05, 0) is 50.5 Å². The second-order valence-electron chi connectivity index (χ2n) is 5.38. The summed E-state index contributed by atoms with van der Waals surface area (Å²) in [7, 11) is 0. The quantitative estimate of drug-likeness (QED) is 0.743. The highest BCUT2D eigenvalue weighted by Gasteiger charge is 2.26. The van der Waals surface area contributed by atoms with Gasteiger partial charge in [0.1, 0.15) is 0 Å². The highest BCUT2D eigenvalue weighted by molar-refractivity contribution is 5.57. The number of anilines is 2. The first-order valence-electron chi connectivity index (χ1n) is 6.23. The molecule has 0 saturated heterocycles. The minimum atomic E-state index is 0.262. The van der Waals surface area contributed by atoms with Gasteiger partial charge in [-0.25, -0.2) is 0 Å². The van der Waals surface area contributed by atoms with Crippen LogP contribution in [-0.2, 0) is 0 Å². The molecule has 3 N–H and O–H groups in total. The number of nitrogens with two attached hydrogens (primary N) is 1. The fourth-order valence-electron chi connectivity index (χ4n) is 2.69. The van der Waals surface area contributed by atoms with E-state index in [0.29, 0.717) is 0 Å². The number of rotatable bonds is 2. The van der Waals surface area contributed by atoms with E-state index in [2.05, 4.69) is 25.2 Å². The van der Waals surface area contributed by atoms with E-state index < -0.39 is 0 Å². The highest BCUT2D eigenvalue weighted by atomic mass is 15.0. The summed E-state index contributed by atoms with van der Waals surface area (Å²) in [5, 5.41) is 3.66. The average Bonchev–Trinajstić information content (AvgIpc) is 2.15. The van der Waals surface area contributed by atoms with E-state index in [-0.39, 0.29) is 5.54 Å². The van der Waals surface area contributed by atoms with Gasteiger partial charge >= 0.3 is 0 Å². The Morgan fingerprint density at radius 3 is 2.44 bits per heavy atom. The van der Waals surface area contributed by atoms with Crippen LogP contribution in [0.2, 0.25) is 0 Å². The van der Waals surface area contributed by atoms with Crippen molar-refractivity contribution in [1.82, 2.24) is 0 Å². The highest BCUT2D eigenvalue weighted by Crippen LogP contribution is 2.31. The molecular weight excluding hydrogens is 196 g/mol. The first kappa shape index (κ1) is 11.3. The van der Waals surface area contributed by atoms with Crippen LogP contribution in [0, 0.1) is 6.92 Å². The Kier molecular flexibility index (Phi) is 3.08. The molecule has 16 heavy (non-hydrogen) atoms. The Balaban J connectivity index is 2.13. The summed E-state index contributed by atoms with van der Waals surface area (Å²) < 4.78 is 0. The van der Waals surface area contributed by atoms with Gasteiger partial charge < -0.3 is 11.1 Å². The van der Waals surface area contributed by atoms with Crippen LogP contribution >= 0.6 is 0 Å². The molecule has 1 saturated carbocycles. The molecule has 1 aromatic carbocycles. The van der Waals surface area contributed by atoms with Crippen LogP contribution in [0.5, 0.6) is 0 Å². The van der Waals surface area contributed by atoms with E-state index in [1.54, 1.807) is 0 Å². The lowest BCUT2D eigenvalue weighted by molar-refractivity contribution is 0.349. The van der Waals surface area contributed by atoms with Crippen molar-refractivity contribution in [3.05, 3.63) is 23.8 Å². The summed E-state index contributed by atoms with van der Waals surface area (Å²) >= 11 is 0. The molecule has 0 aliphatic heterocycles. The molecule has 1 aliphatic carbocycles. The molecule has 0 atom stereocenters. The molecule has 0 spiro atoms. The molecule has 0 heterocycles. The maximum absolute atomic E-state index is 5.87. The van der Waals surface area contributed by atoms with E-state index >= 15 is 0 Å². The molecule has 0 aromatic heterocycles. The summed E-state index contributed by atoms with van der Waals surface area (Å²) in [5.74, 6) is 0. The zero-order chi connectivity index (χ0) is 11.6. The molecule has 1 aromatic rings. The zero-order valence-corrected chi connectivity index (χ0v) is 10.3. The van der Waals surface area contributed by atoms with E-state index in [9.17, 15) is 0 Å². The van der Waals surface area contributed by atoms with Crippen molar-refractivity contribution in [2.45, 2.75) is 51.5 Å². The second-order valence-corrected chi connectivity index (χ2v) is 5.38. The molecule has 2 heteroatoms. The van der Waals surface area contributed by atoms with Crippen molar-refractivity contribution in [3.63, 3.8) is 0 Å². The third-order valence-electron chi connectivity index (χ3n) is 3.50. The normalized spacial score (nSPS) is 19.4. The van der Waals surface area contributed by atoms with Crippen molar-refractivity contribution in [3.8, 4) is 0 Å². The van der Waals surface area contributed by atoms with Crippen LogP contribution in [0.1, 0.15) is 44.6 Å². The van der Waals surface area contributed by atoms with Gasteiger partial charge in [0.2, 0.25) is 0 Å². The molecular formula is C14H22N2. The smallest absolute Gasteiger partial charge is 0.0367 e. The van der Waals surface area contributed by atoms with Gasteiger partial charge in [0.15, 0.2) is 0 Å². The Morgan fingerprint density at radius 1 is 1.12 bits per heavy atom. The van der Waals surface area contributed by atoms with Gasteiger partial charge in [0, 0.05) is 16.9 Å². The minimum Gasteiger partial charge on any atom is -0.399 e. The average molecular weight is 218 g/mol. The summed E-state index contributed by atoms with van der Waals surface area (Å²) in [6, 6.07) is 6.22. The fraction of sp³-hybridized carbons (Fsp3) is 0.571. The van der Waals surface area contributed by atoms with Crippen molar-refractivity contribution >= 4 is 11.4 Å². The third kappa shape index (κ3) is 2.69. The topological polar surface area (TPSA) is 38.0 Å². The standard InChI is InChI=1S/C14H22N2/c1-11-8-12(15)10-13(9-11)16-14(2)6-4-3-5-7-14/h8-10,16H,3-7,15H2,1-2H3. The van der Waals surface area contributed by atoms with Gasteiger partial charge in [-0.15, -0.1) is 0 Å².